The molecular formula is C8H14O2. The average molecular weight is 142 g/mol. The van der Waals surface area contributed by atoms with Gasteiger partial charge in [0.05, 0.1) is 6.61 Å². The lowest BCUT2D eigenvalue weighted by molar-refractivity contribution is -0.121. The molecule has 0 unspecified atom stereocenters. The third-order valence-corrected chi connectivity index (χ3v) is 1.11. The van der Waals surface area contributed by atoms with Gasteiger partial charge in [-0.2, -0.15) is 0 Å². The Morgan fingerprint density at radius 1 is 1.50 bits per heavy atom. The number of hydrogen-bond acceptors (Lipinski definition) is 2. The molecule has 0 fully saturated rings. The van der Waals surface area contributed by atoms with Crippen LogP contribution in [0.1, 0.15) is 20.3 Å². The van der Waals surface area contributed by atoms with Gasteiger partial charge in [-0.25, -0.2) is 0 Å². The molecule has 0 bridgehead atoms. The Bertz CT molecular complexity index is 127. The predicted octanol–water partition coefficient (Wildman–Crippen LogP) is 1.56. The largest absolute Gasteiger partial charge is 0.369 e. The van der Waals surface area contributed by atoms with Crippen molar-refractivity contribution < 1.29 is 9.53 Å². The summed E-state index contributed by atoms with van der Waals surface area (Å²) in [5, 5.41) is 0. The molecule has 0 rings (SSSR count). The van der Waals surface area contributed by atoms with Gasteiger partial charge in [-0.3, -0.25) is 4.79 Å². The Kier molecular flexibility index (Phi) is 4.85. The minimum absolute atomic E-state index is 0.0592. The lowest BCUT2D eigenvalue weighted by Gasteiger charge is -2.01. The van der Waals surface area contributed by atoms with Crippen LogP contribution in [0.25, 0.3) is 0 Å². The van der Waals surface area contributed by atoms with Crippen LogP contribution >= 0.6 is 0 Å². The van der Waals surface area contributed by atoms with Crippen molar-refractivity contribution in [3.8, 4) is 0 Å². The molecule has 0 N–H and O–H groups in total. The zero-order valence-corrected chi connectivity index (χ0v) is 6.64. The van der Waals surface area contributed by atoms with E-state index in [2.05, 4.69) is 6.58 Å². The van der Waals surface area contributed by atoms with Crippen molar-refractivity contribution in [3.63, 3.8) is 0 Å². The molecule has 0 saturated carbocycles. The number of ether oxygens (including phenoxy) is 1. The average Bonchev–Trinajstić information content (AvgIpc) is 1.87. The Morgan fingerprint density at radius 2 is 2.10 bits per heavy atom. The molecule has 0 aromatic heterocycles. The summed E-state index contributed by atoms with van der Waals surface area (Å²) in [6, 6.07) is 0. The highest BCUT2D eigenvalue weighted by Gasteiger charge is 1.93. The van der Waals surface area contributed by atoms with Gasteiger partial charge in [0.25, 0.3) is 0 Å². The number of carbonyl (C=O) groups is 1. The third-order valence-electron chi connectivity index (χ3n) is 1.11. The highest BCUT2D eigenvalue weighted by molar-refractivity contribution is 5.76. The van der Waals surface area contributed by atoms with Crippen molar-refractivity contribution in [2.24, 2.45) is 0 Å². The van der Waals surface area contributed by atoms with E-state index in [1.54, 1.807) is 0 Å². The molecule has 0 aliphatic rings. The second kappa shape index (κ2) is 5.18. The molecule has 2 nitrogen and oxygen atoms in total. The molecular weight excluding hydrogens is 128 g/mol. The minimum atomic E-state index is 0.0592. The first-order valence-corrected chi connectivity index (χ1v) is 3.40. The standard InChI is InChI=1S/C8H14O2/c1-4-7(2)5-10-6-8(3)9/h2,4-6H2,1,3H3. The van der Waals surface area contributed by atoms with Crippen molar-refractivity contribution in [1.29, 1.82) is 0 Å². The van der Waals surface area contributed by atoms with E-state index in [0.29, 0.717) is 6.61 Å². The normalized spacial score (nSPS) is 9.40. The first-order valence-electron chi connectivity index (χ1n) is 3.40. The maximum atomic E-state index is 10.4. The van der Waals surface area contributed by atoms with Crippen LogP contribution in [0.4, 0.5) is 0 Å². The van der Waals surface area contributed by atoms with Crippen molar-refractivity contribution in [3.05, 3.63) is 12.2 Å². The van der Waals surface area contributed by atoms with Crippen LogP contribution in [-0.4, -0.2) is 19.0 Å². The summed E-state index contributed by atoms with van der Waals surface area (Å²) in [6.07, 6.45) is 0.915. The molecule has 0 amide bonds. The van der Waals surface area contributed by atoms with Gasteiger partial charge in [0.15, 0.2) is 5.78 Å². The van der Waals surface area contributed by atoms with Crippen LogP contribution in [0, 0.1) is 0 Å². The van der Waals surface area contributed by atoms with Crippen molar-refractivity contribution >= 4 is 5.78 Å². The van der Waals surface area contributed by atoms with Gasteiger partial charge < -0.3 is 4.74 Å². The maximum absolute atomic E-state index is 10.4. The molecule has 0 aliphatic carbocycles. The van der Waals surface area contributed by atoms with Crippen molar-refractivity contribution in [1.82, 2.24) is 0 Å². The summed E-state index contributed by atoms with van der Waals surface area (Å²) in [4.78, 5) is 10.4. The van der Waals surface area contributed by atoms with Gasteiger partial charge in [-0.15, -0.1) is 0 Å². The Balaban J connectivity index is 3.20. The molecule has 58 valence electrons. The fourth-order valence-corrected chi connectivity index (χ4v) is 0.441. The summed E-state index contributed by atoms with van der Waals surface area (Å²) < 4.78 is 5.00. The number of Topliss-reactive ketones (excluding diaryl/α,β-unsaturated/α-hetero) is 1. The molecule has 10 heavy (non-hydrogen) atoms. The number of hydrogen-bond donors (Lipinski definition) is 0. The molecule has 0 radical (unpaired) electrons. The van der Waals surface area contributed by atoms with E-state index in [1.807, 2.05) is 6.92 Å². The van der Waals surface area contributed by atoms with Crippen molar-refractivity contribution in [2.45, 2.75) is 20.3 Å². The van der Waals surface area contributed by atoms with Crippen LogP contribution in [0.15, 0.2) is 12.2 Å². The minimum Gasteiger partial charge on any atom is -0.369 e. The second-order valence-electron chi connectivity index (χ2n) is 2.30. The fourth-order valence-electron chi connectivity index (χ4n) is 0.441. The zero-order chi connectivity index (χ0) is 7.98. The van der Waals surface area contributed by atoms with E-state index in [0.717, 1.165) is 12.0 Å². The summed E-state index contributed by atoms with van der Waals surface area (Å²) >= 11 is 0. The monoisotopic (exact) mass is 142 g/mol. The van der Waals surface area contributed by atoms with Crippen LogP contribution < -0.4 is 0 Å². The van der Waals surface area contributed by atoms with E-state index in [1.165, 1.54) is 6.92 Å². The summed E-state index contributed by atoms with van der Waals surface area (Å²) in [6.45, 7) is 7.97. The first kappa shape index (κ1) is 9.37. The SMILES string of the molecule is C=C(CC)COCC(C)=O. The Morgan fingerprint density at radius 3 is 2.50 bits per heavy atom. The van der Waals surface area contributed by atoms with Gasteiger partial charge in [-0.1, -0.05) is 19.1 Å². The van der Waals surface area contributed by atoms with Crippen molar-refractivity contribution in [2.75, 3.05) is 13.2 Å². The highest BCUT2D eigenvalue weighted by atomic mass is 16.5. The molecule has 0 aliphatic heterocycles. The third kappa shape index (κ3) is 5.51. The van der Waals surface area contributed by atoms with Crippen LogP contribution in [-0.2, 0) is 9.53 Å². The number of rotatable bonds is 5. The Labute approximate surface area is 61.9 Å². The maximum Gasteiger partial charge on any atom is 0.155 e. The molecule has 0 aromatic carbocycles. The lowest BCUT2D eigenvalue weighted by Crippen LogP contribution is -2.05. The van der Waals surface area contributed by atoms with Crippen LogP contribution in [0.5, 0.6) is 0 Å². The smallest absolute Gasteiger partial charge is 0.155 e. The predicted molar refractivity (Wildman–Crippen MR) is 40.9 cm³/mol. The lowest BCUT2D eigenvalue weighted by atomic mass is 10.2. The quantitative estimate of drug-likeness (QED) is 0.544. The molecule has 2 heteroatoms. The van der Waals surface area contributed by atoms with E-state index in [-0.39, 0.29) is 12.4 Å². The van der Waals surface area contributed by atoms with Gasteiger partial charge in [0.2, 0.25) is 0 Å². The molecule has 0 saturated heterocycles. The zero-order valence-electron chi connectivity index (χ0n) is 6.64. The van der Waals surface area contributed by atoms with Gasteiger partial charge in [0.1, 0.15) is 6.61 Å². The van der Waals surface area contributed by atoms with E-state index >= 15 is 0 Å². The van der Waals surface area contributed by atoms with E-state index in [9.17, 15) is 4.79 Å². The van der Waals surface area contributed by atoms with Gasteiger partial charge >= 0.3 is 0 Å². The summed E-state index contributed by atoms with van der Waals surface area (Å²) in [7, 11) is 0. The van der Waals surface area contributed by atoms with E-state index in [4.69, 9.17) is 4.74 Å². The fraction of sp³-hybridized carbons (Fsp3) is 0.625. The Hall–Kier alpha value is -0.630. The van der Waals surface area contributed by atoms with Crippen LogP contribution in [0.3, 0.4) is 0 Å². The number of carbonyl (C=O) groups excluding carboxylic acids is 1. The number of ketones is 1. The topological polar surface area (TPSA) is 26.3 Å². The first-order chi connectivity index (χ1) is 4.66. The summed E-state index contributed by atoms with van der Waals surface area (Å²) in [5.74, 6) is 0.0592. The van der Waals surface area contributed by atoms with Gasteiger partial charge in [-0.05, 0) is 13.3 Å². The van der Waals surface area contributed by atoms with E-state index < -0.39 is 0 Å². The second-order valence-corrected chi connectivity index (χ2v) is 2.30. The molecule has 0 spiro atoms. The molecule has 0 aromatic rings. The molecule has 0 heterocycles. The summed E-state index contributed by atoms with van der Waals surface area (Å²) in [5.41, 5.74) is 1.03. The van der Waals surface area contributed by atoms with Gasteiger partial charge in [0, 0.05) is 0 Å². The molecule has 0 atom stereocenters. The highest BCUT2D eigenvalue weighted by Crippen LogP contribution is 1.95. The van der Waals surface area contributed by atoms with Crippen LogP contribution in [0.2, 0.25) is 0 Å².